The lowest BCUT2D eigenvalue weighted by Gasteiger charge is -2.32. The molecule has 1 spiro atoms. The van der Waals surface area contributed by atoms with Crippen LogP contribution in [-0.2, 0) is 5.41 Å². The van der Waals surface area contributed by atoms with Gasteiger partial charge in [-0.25, -0.2) is 9.97 Å². The van der Waals surface area contributed by atoms with E-state index in [2.05, 4.69) is 195 Å². The van der Waals surface area contributed by atoms with E-state index in [9.17, 15) is 0 Å². The molecule has 8 aromatic carbocycles. The Labute approximate surface area is 332 Å². The van der Waals surface area contributed by atoms with Crippen LogP contribution in [0.5, 0.6) is 0 Å². The third-order valence-corrected chi connectivity index (χ3v) is 11.9. The molecule has 0 aliphatic heterocycles. The molecule has 0 fully saturated rings. The average Bonchev–Trinajstić information content (AvgIpc) is 3.75. The van der Waals surface area contributed by atoms with Gasteiger partial charge in [0.2, 0.25) is 0 Å². The zero-order valence-corrected chi connectivity index (χ0v) is 31.2. The van der Waals surface area contributed by atoms with Crippen molar-refractivity contribution in [3.05, 3.63) is 235 Å². The average molecular weight is 725 g/mol. The van der Waals surface area contributed by atoms with Crippen molar-refractivity contribution in [2.24, 2.45) is 0 Å². The van der Waals surface area contributed by atoms with Gasteiger partial charge in [-0.1, -0.05) is 207 Å². The Hall–Kier alpha value is -7.42. The maximum Gasteiger partial charge on any atom is 0.160 e. The first-order chi connectivity index (χ1) is 28.2. The molecule has 57 heavy (non-hydrogen) atoms. The number of aromatic nitrogens is 2. The second-order valence-corrected chi connectivity index (χ2v) is 14.9. The molecular weight excluding hydrogens is 689 g/mol. The third kappa shape index (κ3) is 5.04. The van der Waals surface area contributed by atoms with Crippen LogP contribution in [-0.4, -0.2) is 9.97 Å². The summed E-state index contributed by atoms with van der Waals surface area (Å²) in [4.78, 5) is 11.1. The van der Waals surface area contributed by atoms with Gasteiger partial charge in [0.05, 0.1) is 16.8 Å². The Bertz CT molecular complexity index is 3060. The summed E-state index contributed by atoms with van der Waals surface area (Å²) < 4.78 is 0. The van der Waals surface area contributed by atoms with Gasteiger partial charge in [0.1, 0.15) is 0 Å². The van der Waals surface area contributed by atoms with E-state index in [-0.39, 0.29) is 0 Å². The number of benzene rings is 8. The van der Waals surface area contributed by atoms with Gasteiger partial charge in [-0.15, -0.1) is 0 Å². The second-order valence-electron chi connectivity index (χ2n) is 14.9. The van der Waals surface area contributed by atoms with Crippen LogP contribution in [0.2, 0.25) is 0 Å². The van der Waals surface area contributed by atoms with Gasteiger partial charge in [-0.3, -0.25) is 0 Å². The minimum atomic E-state index is -0.642. The zero-order valence-electron chi connectivity index (χ0n) is 31.2. The Morgan fingerprint density at radius 2 is 0.965 bits per heavy atom. The molecule has 1 aromatic heterocycles. The van der Waals surface area contributed by atoms with Gasteiger partial charge in [-0.2, -0.15) is 0 Å². The molecule has 2 aliphatic rings. The molecule has 1 atom stereocenters. The highest BCUT2D eigenvalue weighted by atomic mass is 14.9. The lowest BCUT2D eigenvalue weighted by atomic mass is 9.69. The van der Waals surface area contributed by atoms with E-state index < -0.39 is 5.41 Å². The summed E-state index contributed by atoms with van der Waals surface area (Å²) >= 11 is 0. The first-order valence-electron chi connectivity index (χ1n) is 19.5. The van der Waals surface area contributed by atoms with Crippen molar-refractivity contribution < 1.29 is 0 Å². The fourth-order valence-electron chi connectivity index (χ4n) is 9.34. The molecule has 9 aromatic rings. The summed E-state index contributed by atoms with van der Waals surface area (Å²) in [5.41, 5.74) is 17.9. The summed E-state index contributed by atoms with van der Waals surface area (Å²) in [7, 11) is 0. The van der Waals surface area contributed by atoms with Crippen LogP contribution in [0.25, 0.3) is 84.1 Å². The molecular formula is C55H36N2. The van der Waals surface area contributed by atoms with Crippen molar-refractivity contribution in [3.63, 3.8) is 0 Å². The molecule has 0 amide bonds. The van der Waals surface area contributed by atoms with E-state index in [0.717, 1.165) is 45.0 Å². The highest BCUT2D eigenvalue weighted by molar-refractivity contribution is 6.03. The summed E-state index contributed by atoms with van der Waals surface area (Å²) in [5.74, 6) is 0.729. The standard InChI is InChI=1S/C55H36N2/c1-2-3-14-36-25-27-37(28-26-36)38-29-31-39(32-30-38)42-33-34-45-44-20-9-11-23-48(44)55(50(45)35-42)49-24-12-10-21-47(49)53-51(55)52(56-54(57-53)41-16-5-4-6-17-41)46-22-13-18-40-15-7-8-19-43(40)46/h2-35H,1H2/b14-3-. The van der Waals surface area contributed by atoms with E-state index >= 15 is 0 Å². The quantitative estimate of drug-likeness (QED) is 0.160. The molecule has 1 heterocycles. The van der Waals surface area contributed by atoms with Crippen LogP contribution >= 0.6 is 0 Å². The molecule has 0 saturated heterocycles. The maximum absolute atomic E-state index is 5.60. The smallest absolute Gasteiger partial charge is 0.160 e. The Balaban J connectivity index is 1.16. The van der Waals surface area contributed by atoms with Crippen LogP contribution in [0.3, 0.4) is 0 Å². The summed E-state index contributed by atoms with van der Waals surface area (Å²) in [5, 5.41) is 2.36. The Morgan fingerprint density at radius 1 is 0.421 bits per heavy atom. The van der Waals surface area contributed by atoms with Crippen molar-refractivity contribution in [2.75, 3.05) is 0 Å². The summed E-state index contributed by atoms with van der Waals surface area (Å²) in [6.07, 6.45) is 5.83. The summed E-state index contributed by atoms with van der Waals surface area (Å²) in [6.45, 7) is 3.79. The molecule has 0 bridgehead atoms. The molecule has 2 aliphatic carbocycles. The minimum absolute atomic E-state index is 0.642. The van der Waals surface area contributed by atoms with Crippen molar-refractivity contribution in [3.8, 4) is 67.3 Å². The van der Waals surface area contributed by atoms with Crippen LogP contribution in [0.15, 0.2) is 207 Å². The van der Waals surface area contributed by atoms with E-state index in [0.29, 0.717) is 0 Å². The van der Waals surface area contributed by atoms with Crippen molar-refractivity contribution in [1.29, 1.82) is 0 Å². The molecule has 2 heteroatoms. The number of rotatable bonds is 6. The first-order valence-corrected chi connectivity index (χ1v) is 19.5. The monoisotopic (exact) mass is 724 g/mol. The molecule has 266 valence electrons. The summed E-state index contributed by atoms with van der Waals surface area (Å²) in [6, 6.07) is 68.2. The lowest BCUT2D eigenvalue weighted by molar-refractivity contribution is 0.788. The van der Waals surface area contributed by atoms with E-state index in [1.165, 1.54) is 60.8 Å². The van der Waals surface area contributed by atoms with Crippen molar-refractivity contribution in [2.45, 2.75) is 5.41 Å². The van der Waals surface area contributed by atoms with Crippen LogP contribution in [0.1, 0.15) is 27.8 Å². The number of fused-ring (bicyclic) bond motifs is 11. The van der Waals surface area contributed by atoms with Crippen molar-refractivity contribution in [1.82, 2.24) is 9.97 Å². The minimum Gasteiger partial charge on any atom is -0.228 e. The highest BCUT2D eigenvalue weighted by Crippen LogP contribution is 2.64. The molecule has 0 N–H and O–H groups in total. The second kappa shape index (κ2) is 13.1. The molecule has 1 unspecified atom stereocenters. The fraction of sp³-hybridized carbons (Fsp3) is 0.0182. The van der Waals surface area contributed by atoms with Gasteiger partial charge in [0, 0.05) is 22.3 Å². The van der Waals surface area contributed by atoms with Crippen LogP contribution in [0, 0.1) is 0 Å². The van der Waals surface area contributed by atoms with Crippen LogP contribution < -0.4 is 0 Å². The Morgan fingerprint density at radius 3 is 1.72 bits per heavy atom. The van der Waals surface area contributed by atoms with Gasteiger partial charge in [0.25, 0.3) is 0 Å². The predicted molar refractivity (Wildman–Crippen MR) is 237 cm³/mol. The SMILES string of the molecule is C=C/C=C\c1ccc(-c2ccc(-c3ccc4c(c3)C3(c5ccccc5-4)c4ccccc4-c4nc(-c5ccccc5)nc(-c5cccc6ccccc56)c43)cc2)cc1. The van der Waals surface area contributed by atoms with Crippen LogP contribution in [0.4, 0.5) is 0 Å². The normalized spacial score (nSPS) is 14.7. The molecule has 11 rings (SSSR count). The first kappa shape index (κ1) is 33.0. The van der Waals surface area contributed by atoms with Gasteiger partial charge < -0.3 is 0 Å². The zero-order chi connectivity index (χ0) is 37.9. The number of hydrogen-bond donors (Lipinski definition) is 0. The Kier molecular flexibility index (Phi) is 7.58. The number of nitrogens with zero attached hydrogens (tertiary/aromatic N) is 2. The van der Waals surface area contributed by atoms with Gasteiger partial charge in [-0.05, 0) is 72.5 Å². The fourth-order valence-corrected chi connectivity index (χ4v) is 9.34. The highest BCUT2D eigenvalue weighted by Gasteiger charge is 2.54. The molecule has 0 saturated carbocycles. The predicted octanol–water partition coefficient (Wildman–Crippen LogP) is 13.8. The lowest BCUT2D eigenvalue weighted by Crippen LogP contribution is -2.27. The largest absolute Gasteiger partial charge is 0.228 e. The van der Waals surface area contributed by atoms with Gasteiger partial charge in [0.15, 0.2) is 5.82 Å². The molecule has 0 radical (unpaired) electrons. The van der Waals surface area contributed by atoms with Gasteiger partial charge >= 0.3 is 0 Å². The molecule has 2 nitrogen and oxygen atoms in total. The van der Waals surface area contributed by atoms with E-state index in [1.54, 1.807) is 6.08 Å². The maximum atomic E-state index is 5.60. The van der Waals surface area contributed by atoms with Crippen molar-refractivity contribution >= 4 is 16.8 Å². The van der Waals surface area contributed by atoms with E-state index in [1.807, 2.05) is 12.1 Å². The third-order valence-electron chi connectivity index (χ3n) is 11.9. The number of hydrogen-bond acceptors (Lipinski definition) is 2. The van der Waals surface area contributed by atoms with E-state index in [4.69, 9.17) is 9.97 Å². The topological polar surface area (TPSA) is 25.8 Å². The number of allylic oxidation sites excluding steroid dienone is 2.